The highest BCUT2D eigenvalue weighted by molar-refractivity contribution is 6.03. The van der Waals surface area contributed by atoms with Gasteiger partial charge in [0.05, 0.1) is 0 Å². The van der Waals surface area contributed by atoms with Gasteiger partial charge in [-0.15, -0.1) is 0 Å². The zero-order chi connectivity index (χ0) is 17.8. The minimum atomic E-state index is -0.257. The van der Waals surface area contributed by atoms with Gasteiger partial charge >= 0.3 is 0 Å². The van der Waals surface area contributed by atoms with Gasteiger partial charge in [0.25, 0.3) is 5.91 Å². The third kappa shape index (κ3) is 4.01. The monoisotopic (exact) mass is 332 g/mol. The van der Waals surface area contributed by atoms with Crippen LogP contribution < -0.4 is 10.6 Å². The molecule has 2 N–H and O–H groups in total. The van der Waals surface area contributed by atoms with Crippen LogP contribution in [0.1, 0.15) is 27.2 Å². The summed E-state index contributed by atoms with van der Waals surface area (Å²) in [6.07, 6.45) is 1.57. The molecule has 0 aliphatic heterocycles. The molecule has 126 valence electrons. The third-order valence-electron chi connectivity index (χ3n) is 3.88. The molecule has 5 nitrogen and oxygen atoms in total. The van der Waals surface area contributed by atoms with Crippen molar-refractivity contribution in [3.63, 3.8) is 0 Å². The fourth-order valence-electron chi connectivity index (χ4n) is 2.59. The summed E-state index contributed by atoms with van der Waals surface area (Å²) >= 11 is 0. The summed E-state index contributed by atoms with van der Waals surface area (Å²) in [6, 6.07) is 15.4. The van der Waals surface area contributed by atoms with E-state index in [0.29, 0.717) is 11.6 Å². The molecular formula is C20H20N4O. The molecule has 0 aliphatic rings. The van der Waals surface area contributed by atoms with Crippen molar-refractivity contribution < 1.29 is 4.79 Å². The second-order valence-corrected chi connectivity index (χ2v) is 5.98. The molecule has 0 unspecified atom stereocenters. The van der Waals surface area contributed by atoms with Crippen molar-refractivity contribution in [2.45, 2.75) is 20.8 Å². The Hall–Kier alpha value is -3.21. The molecule has 0 spiro atoms. The maximum absolute atomic E-state index is 12.5. The van der Waals surface area contributed by atoms with Crippen LogP contribution >= 0.6 is 0 Å². The Morgan fingerprint density at radius 3 is 2.40 bits per heavy atom. The van der Waals surface area contributed by atoms with Gasteiger partial charge in [0.15, 0.2) is 0 Å². The predicted octanol–water partition coefficient (Wildman–Crippen LogP) is 4.40. The van der Waals surface area contributed by atoms with E-state index < -0.39 is 0 Å². The lowest BCUT2D eigenvalue weighted by molar-refractivity contribution is 0.102. The summed E-state index contributed by atoms with van der Waals surface area (Å²) in [5.41, 5.74) is 5.18. The Labute approximate surface area is 147 Å². The van der Waals surface area contributed by atoms with Gasteiger partial charge < -0.3 is 10.6 Å². The first-order chi connectivity index (χ1) is 12.0. The lowest BCUT2D eigenvalue weighted by atomic mass is 10.1. The summed E-state index contributed by atoms with van der Waals surface area (Å²) in [4.78, 5) is 21.1. The first kappa shape index (κ1) is 16.6. The molecule has 2 aromatic carbocycles. The van der Waals surface area contributed by atoms with E-state index >= 15 is 0 Å². The highest BCUT2D eigenvalue weighted by atomic mass is 16.1. The second-order valence-electron chi connectivity index (χ2n) is 5.98. The van der Waals surface area contributed by atoms with Crippen LogP contribution in [0.5, 0.6) is 0 Å². The van der Waals surface area contributed by atoms with Gasteiger partial charge in [-0.1, -0.05) is 30.3 Å². The molecule has 0 aliphatic carbocycles. The minimum absolute atomic E-state index is 0.257. The normalized spacial score (nSPS) is 10.4. The number of carbonyl (C=O) groups excluding carboxylic acids is 1. The number of aryl methyl sites for hydroxylation is 3. The van der Waals surface area contributed by atoms with E-state index in [-0.39, 0.29) is 5.91 Å². The van der Waals surface area contributed by atoms with Crippen molar-refractivity contribution in [1.29, 1.82) is 0 Å². The molecule has 1 heterocycles. The molecule has 5 heteroatoms. The summed E-state index contributed by atoms with van der Waals surface area (Å²) in [5, 5.41) is 6.06. The van der Waals surface area contributed by atoms with Crippen molar-refractivity contribution in [3.05, 3.63) is 77.1 Å². The van der Waals surface area contributed by atoms with E-state index in [1.807, 2.05) is 63.2 Å². The van der Waals surface area contributed by atoms with Gasteiger partial charge in [-0.3, -0.25) is 4.79 Å². The summed E-state index contributed by atoms with van der Waals surface area (Å²) in [7, 11) is 0. The lowest BCUT2D eigenvalue weighted by Crippen LogP contribution is -2.16. The first-order valence-corrected chi connectivity index (χ1v) is 8.07. The van der Waals surface area contributed by atoms with Crippen LogP contribution in [0.4, 0.5) is 17.3 Å². The molecule has 0 fully saturated rings. The predicted molar refractivity (Wildman–Crippen MR) is 100 cm³/mol. The van der Waals surface area contributed by atoms with Crippen LogP contribution in [0.3, 0.4) is 0 Å². The van der Waals surface area contributed by atoms with E-state index in [1.165, 1.54) is 0 Å². The fourth-order valence-corrected chi connectivity index (χ4v) is 2.59. The molecule has 3 rings (SSSR count). The zero-order valence-corrected chi connectivity index (χ0v) is 14.5. The van der Waals surface area contributed by atoms with Gasteiger partial charge in [0.1, 0.15) is 5.69 Å². The Bertz CT molecular complexity index is 901. The van der Waals surface area contributed by atoms with Crippen LogP contribution in [-0.2, 0) is 0 Å². The van der Waals surface area contributed by atoms with Crippen LogP contribution in [0.15, 0.2) is 54.7 Å². The third-order valence-corrected chi connectivity index (χ3v) is 3.88. The van der Waals surface area contributed by atoms with E-state index in [4.69, 9.17) is 0 Å². The summed E-state index contributed by atoms with van der Waals surface area (Å²) < 4.78 is 0. The number of hydrogen-bond donors (Lipinski definition) is 2. The SMILES string of the molecule is Cc1cccc(Nc2nccc(C(=O)Nc3c(C)cccc3C)n2)c1. The topological polar surface area (TPSA) is 66.9 Å². The zero-order valence-electron chi connectivity index (χ0n) is 14.5. The van der Waals surface area contributed by atoms with Crippen LogP contribution in [0.25, 0.3) is 0 Å². The van der Waals surface area contributed by atoms with E-state index in [9.17, 15) is 4.79 Å². The standard InChI is InChI=1S/C20H20N4O/c1-13-6-4-9-16(12-13)22-20-21-11-10-17(23-20)19(25)24-18-14(2)7-5-8-15(18)3/h4-12H,1-3H3,(H,24,25)(H,21,22,23). The molecule has 3 aromatic rings. The largest absolute Gasteiger partial charge is 0.324 e. The lowest BCUT2D eigenvalue weighted by Gasteiger charge is -2.11. The van der Waals surface area contributed by atoms with Gasteiger partial charge in [0, 0.05) is 17.6 Å². The van der Waals surface area contributed by atoms with E-state index in [1.54, 1.807) is 12.3 Å². The van der Waals surface area contributed by atoms with E-state index in [0.717, 1.165) is 28.1 Å². The van der Waals surface area contributed by atoms with Crippen molar-refractivity contribution in [1.82, 2.24) is 9.97 Å². The Morgan fingerprint density at radius 2 is 1.68 bits per heavy atom. The fraction of sp³-hybridized carbons (Fsp3) is 0.150. The Morgan fingerprint density at radius 1 is 0.960 bits per heavy atom. The number of para-hydroxylation sites is 1. The molecular weight excluding hydrogens is 312 g/mol. The minimum Gasteiger partial charge on any atom is -0.324 e. The smallest absolute Gasteiger partial charge is 0.274 e. The van der Waals surface area contributed by atoms with Gasteiger partial charge in [-0.25, -0.2) is 9.97 Å². The molecule has 0 atom stereocenters. The van der Waals surface area contributed by atoms with Gasteiger partial charge in [-0.05, 0) is 55.7 Å². The number of carbonyl (C=O) groups is 1. The maximum atomic E-state index is 12.5. The average molecular weight is 332 g/mol. The van der Waals surface area contributed by atoms with Gasteiger partial charge in [-0.2, -0.15) is 0 Å². The number of nitrogens with one attached hydrogen (secondary N) is 2. The number of hydrogen-bond acceptors (Lipinski definition) is 4. The number of amides is 1. The van der Waals surface area contributed by atoms with Crippen molar-refractivity contribution >= 4 is 23.2 Å². The van der Waals surface area contributed by atoms with Gasteiger partial charge in [0.2, 0.25) is 5.95 Å². The highest BCUT2D eigenvalue weighted by Gasteiger charge is 2.12. The molecule has 0 saturated heterocycles. The summed E-state index contributed by atoms with van der Waals surface area (Å²) in [6.45, 7) is 5.95. The molecule has 25 heavy (non-hydrogen) atoms. The molecule has 0 radical (unpaired) electrons. The molecule has 1 aromatic heterocycles. The highest BCUT2D eigenvalue weighted by Crippen LogP contribution is 2.20. The van der Waals surface area contributed by atoms with Crippen LogP contribution in [0, 0.1) is 20.8 Å². The number of anilines is 3. The van der Waals surface area contributed by atoms with Crippen molar-refractivity contribution in [2.75, 3.05) is 10.6 Å². The Kier molecular flexibility index (Phi) is 4.75. The first-order valence-electron chi connectivity index (χ1n) is 8.07. The Balaban J connectivity index is 1.80. The van der Waals surface area contributed by atoms with Crippen molar-refractivity contribution in [2.24, 2.45) is 0 Å². The number of rotatable bonds is 4. The van der Waals surface area contributed by atoms with Crippen LogP contribution in [0.2, 0.25) is 0 Å². The molecule has 0 saturated carbocycles. The quantitative estimate of drug-likeness (QED) is 0.743. The molecule has 1 amide bonds. The van der Waals surface area contributed by atoms with Crippen molar-refractivity contribution in [3.8, 4) is 0 Å². The number of aromatic nitrogens is 2. The summed E-state index contributed by atoms with van der Waals surface area (Å²) in [5.74, 6) is 0.131. The number of benzene rings is 2. The number of nitrogens with zero attached hydrogens (tertiary/aromatic N) is 2. The average Bonchev–Trinajstić information content (AvgIpc) is 2.58. The second kappa shape index (κ2) is 7.13. The van der Waals surface area contributed by atoms with Crippen LogP contribution in [-0.4, -0.2) is 15.9 Å². The molecule has 0 bridgehead atoms. The maximum Gasteiger partial charge on any atom is 0.274 e. The van der Waals surface area contributed by atoms with E-state index in [2.05, 4.69) is 20.6 Å².